The molecule has 0 saturated heterocycles. The van der Waals surface area contributed by atoms with Crippen LogP contribution in [-0.4, -0.2) is 4.98 Å². The monoisotopic (exact) mass is 296 g/mol. The van der Waals surface area contributed by atoms with E-state index in [1.807, 2.05) is 31.2 Å². The predicted molar refractivity (Wildman–Crippen MR) is 92.0 cm³/mol. The first kappa shape index (κ1) is 13.7. The van der Waals surface area contributed by atoms with Crippen LogP contribution in [0.1, 0.15) is 22.4 Å². The maximum absolute atomic E-state index is 9.67. The molecular formula is C21H16N2. The maximum Gasteiger partial charge on any atom is 0.102 e. The number of aryl methyl sites for hydroxylation is 2. The molecule has 3 aromatic rings. The second-order valence-corrected chi connectivity index (χ2v) is 5.91. The molecule has 1 aliphatic rings. The number of nitrogens with zero attached hydrogens (tertiary/aromatic N) is 2. The van der Waals surface area contributed by atoms with E-state index in [4.69, 9.17) is 4.98 Å². The second kappa shape index (κ2) is 5.37. The van der Waals surface area contributed by atoms with Gasteiger partial charge in [0.2, 0.25) is 0 Å². The number of benzene rings is 2. The molecule has 0 bridgehead atoms. The van der Waals surface area contributed by atoms with E-state index in [0.717, 1.165) is 35.4 Å². The van der Waals surface area contributed by atoms with Gasteiger partial charge in [0.25, 0.3) is 0 Å². The fraction of sp³-hybridized carbons (Fsp3) is 0.143. The van der Waals surface area contributed by atoms with Crippen LogP contribution in [0.15, 0.2) is 54.6 Å². The van der Waals surface area contributed by atoms with Crippen LogP contribution >= 0.6 is 0 Å². The molecule has 0 saturated carbocycles. The normalized spacial score (nSPS) is 12.2. The Bertz CT molecular complexity index is 934. The maximum atomic E-state index is 9.67. The Hall–Kier alpha value is -2.92. The summed E-state index contributed by atoms with van der Waals surface area (Å²) >= 11 is 0. The topological polar surface area (TPSA) is 36.7 Å². The van der Waals surface area contributed by atoms with Gasteiger partial charge in [-0.1, -0.05) is 54.6 Å². The number of nitriles is 1. The van der Waals surface area contributed by atoms with Gasteiger partial charge in [0.15, 0.2) is 0 Å². The molecule has 0 atom stereocenters. The Labute approximate surface area is 136 Å². The SMILES string of the molecule is Cc1nc(-c2ccccc2)c2c(c1C#N)-c1ccccc1CC2. The average Bonchev–Trinajstić information content (AvgIpc) is 2.61. The molecule has 0 fully saturated rings. The molecule has 2 aromatic carbocycles. The van der Waals surface area contributed by atoms with E-state index in [1.165, 1.54) is 16.7 Å². The van der Waals surface area contributed by atoms with E-state index in [9.17, 15) is 5.26 Å². The van der Waals surface area contributed by atoms with Gasteiger partial charge >= 0.3 is 0 Å². The molecule has 2 heteroatoms. The summed E-state index contributed by atoms with van der Waals surface area (Å²) < 4.78 is 0. The Kier molecular flexibility index (Phi) is 3.20. The fourth-order valence-electron chi connectivity index (χ4n) is 3.50. The number of rotatable bonds is 1. The van der Waals surface area contributed by atoms with E-state index in [2.05, 4.69) is 36.4 Å². The van der Waals surface area contributed by atoms with Gasteiger partial charge in [0.05, 0.1) is 17.0 Å². The summed E-state index contributed by atoms with van der Waals surface area (Å²) in [6.07, 6.45) is 1.93. The van der Waals surface area contributed by atoms with E-state index in [1.54, 1.807) is 0 Å². The standard InChI is InChI=1S/C21H16N2/c1-14-19(13-22)20-17-10-6-5-7-15(17)11-12-18(20)21(23-14)16-8-3-2-4-9-16/h2-10H,11-12H2,1H3. The van der Waals surface area contributed by atoms with Crippen molar-refractivity contribution in [2.24, 2.45) is 0 Å². The van der Waals surface area contributed by atoms with E-state index < -0.39 is 0 Å². The summed E-state index contributed by atoms with van der Waals surface area (Å²) in [5.74, 6) is 0. The Morgan fingerprint density at radius 3 is 2.48 bits per heavy atom. The summed E-state index contributed by atoms with van der Waals surface area (Å²) in [4.78, 5) is 4.78. The van der Waals surface area contributed by atoms with Crippen LogP contribution in [0.5, 0.6) is 0 Å². The van der Waals surface area contributed by atoms with Gasteiger partial charge in [-0.05, 0) is 36.5 Å². The highest BCUT2D eigenvalue weighted by atomic mass is 14.7. The number of hydrogen-bond acceptors (Lipinski definition) is 2. The summed E-state index contributed by atoms with van der Waals surface area (Å²) in [7, 11) is 0. The molecule has 110 valence electrons. The number of fused-ring (bicyclic) bond motifs is 3. The van der Waals surface area contributed by atoms with Gasteiger partial charge in [-0.2, -0.15) is 5.26 Å². The van der Waals surface area contributed by atoms with Crippen LogP contribution in [0.2, 0.25) is 0 Å². The first-order chi connectivity index (χ1) is 11.3. The summed E-state index contributed by atoms with van der Waals surface area (Å²) in [6, 6.07) is 21.1. The number of aromatic nitrogens is 1. The lowest BCUT2D eigenvalue weighted by Gasteiger charge is -2.24. The minimum Gasteiger partial charge on any atom is -0.251 e. The van der Waals surface area contributed by atoms with Gasteiger partial charge < -0.3 is 0 Å². The zero-order valence-corrected chi connectivity index (χ0v) is 13.0. The summed E-state index contributed by atoms with van der Waals surface area (Å²) in [5.41, 5.74) is 8.46. The quantitative estimate of drug-likeness (QED) is 0.653. The molecule has 1 aromatic heterocycles. The Morgan fingerprint density at radius 2 is 1.70 bits per heavy atom. The number of hydrogen-bond donors (Lipinski definition) is 0. The molecule has 2 nitrogen and oxygen atoms in total. The Morgan fingerprint density at radius 1 is 0.957 bits per heavy atom. The molecular weight excluding hydrogens is 280 g/mol. The molecule has 0 spiro atoms. The van der Waals surface area contributed by atoms with E-state index in [-0.39, 0.29) is 0 Å². The third-order valence-corrected chi connectivity index (χ3v) is 4.57. The van der Waals surface area contributed by atoms with Gasteiger partial charge in [-0.15, -0.1) is 0 Å². The highest BCUT2D eigenvalue weighted by Crippen LogP contribution is 2.40. The van der Waals surface area contributed by atoms with Crippen LogP contribution in [0.4, 0.5) is 0 Å². The predicted octanol–water partition coefficient (Wildman–Crippen LogP) is 4.69. The van der Waals surface area contributed by atoms with Crippen LogP contribution in [-0.2, 0) is 12.8 Å². The molecule has 4 rings (SSSR count). The third kappa shape index (κ3) is 2.13. The molecule has 0 aliphatic heterocycles. The smallest absolute Gasteiger partial charge is 0.102 e. The van der Waals surface area contributed by atoms with Gasteiger partial charge in [-0.25, -0.2) is 0 Å². The van der Waals surface area contributed by atoms with Crippen molar-refractivity contribution in [2.45, 2.75) is 19.8 Å². The first-order valence-electron chi connectivity index (χ1n) is 7.87. The fourth-order valence-corrected chi connectivity index (χ4v) is 3.50. The molecule has 0 unspecified atom stereocenters. The van der Waals surface area contributed by atoms with E-state index in [0.29, 0.717) is 5.56 Å². The van der Waals surface area contributed by atoms with Gasteiger partial charge in [0.1, 0.15) is 6.07 Å². The van der Waals surface area contributed by atoms with Crippen LogP contribution in [0, 0.1) is 18.3 Å². The Balaban J connectivity index is 2.08. The van der Waals surface area contributed by atoms with Crippen molar-refractivity contribution in [2.75, 3.05) is 0 Å². The molecule has 0 radical (unpaired) electrons. The number of pyridine rings is 1. The van der Waals surface area contributed by atoms with Crippen molar-refractivity contribution in [1.29, 1.82) is 5.26 Å². The molecule has 1 aliphatic carbocycles. The van der Waals surface area contributed by atoms with Gasteiger partial charge in [0, 0.05) is 11.1 Å². The highest BCUT2D eigenvalue weighted by Gasteiger charge is 2.24. The lowest BCUT2D eigenvalue weighted by Crippen LogP contribution is -2.10. The van der Waals surface area contributed by atoms with Crippen molar-refractivity contribution in [3.8, 4) is 28.5 Å². The molecule has 23 heavy (non-hydrogen) atoms. The minimum atomic E-state index is 0.715. The van der Waals surface area contributed by atoms with Crippen molar-refractivity contribution in [1.82, 2.24) is 4.98 Å². The lowest BCUT2D eigenvalue weighted by molar-refractivity contribution is 0.928. The van der Waals surface area contributed by atoms with Crippen LogP contribution in [0.3, 0.4) is 0 Å². The van der Waals surface area contributed by atoms with Crippen molar-refractivity contribution >= 4 is 0 Å². The van der Waals surface area contributed by atoms with Gasteiger partial charge in [-0.3, -0.25) is 4.98 Å². The molecule has 0 amide bonds. The molecule has 0 N–H and O–H groups in total. The highest BCUT2D eigenvalue weighted by molar-refractivity contribution is 5.84. The van der Waals surface area contributed by atoms with Crippen LogP contribution in [0.25, 0.3) is 22.4 Å². The second-order valence-electron chi connectivity index (χ2n) is 5.91. The minimum absolute atomic E-state index is 0.715. The third-order valence-electron chi connectivity index (χ3n) is 4.57. The zero-order chi connectivity index (χ0) is 15.8. The largest absolute Gasteiger partial charge is 0.251 e. The average molecular weight is 296 g/mol. The lowest BCUT2D eigenvalue weighted by atomic mass is 9.81. The summed E-state index contributed by atoms with van der Waals surface area (Å²) in [6.45, 7) is 1.93. The zero-order valence-electron chi connectivity index (χ0n) is 13.0. The van der Waals surface area contributed by atoms with E-state index >= 15 is 0 Å². The molecule has 1 heterocycles. The summed E-state index contributed by atoms with van der Waals surface area (Å²) in [5, 5.41) is 9.67. The van der Waals surface area contributed by atoms with Crippen molar-refractivity contribution in [3.05, 3.63) is 77.0 Å². The van der Waals surface area contributed by atoms with Crippen molar-refractivity contribution < 1.29 is 0 Å². The van der Waals surface area contributed by atoms with Crippen molar-refractivity contribution in [3.63, 3.8) is 0 Å². The van der Waals surface area contributed by atoms with Crippen LogP contribution < -0.4 is 0 Å². The first-order valence-corrected chi connectivity index (χ1v) is 7.87.